The third-order valence-corrected chi connectivity index (χ3v) is 3.54. The minimum absolute atomic E-state index is 0.0524. The quantitative estimate of drug-likeness (QED) is 0.464. The van der Waals surface area contributed by atoms with Crippen LogP contribution in [0, 0.1) is 16.0 Å². The van der Waals surface area contributed by atoms with Gasteiger partial charge in [0.2, 0.25) is 0 Å². The number of nitrogens with one attached hydrogen (secondary N) is 1. The molecule has 1 amide bonds. The highest BCUT2D eigenvalue weighted by molar-refractivity contribution is 5.96. The zero-order valence-electron chi connectivity index (χ0n) is 14.6. The Balaban J connectivity index is 1.91. The Labute approximate surface area is 151 Å². The lowest BCUT2D eigenvalue weighted by atomic mass is 10.0. The SMILES string of the molecule is CC(C)Cc1ccc(C(=O)OCC(=O)Nc2ccccc2[N+](=O)[O-])cc1. The molecular weight excluding hydrogens is 336 g/mol. The van der Waals surface area contributed by atoms with E-state index in [1.54, 1.807) is 18.2 Å². The molecule has 7 heteroatoms. The van der Waals surface area contributed by atoms with Crippen LogP contribution >= 0.6 is 0 Å². The number of hydrogen-bond acceptors (Lipinski definition) is 5. The Kier molecular flexibility index (Phi) is 6.43. The van der Waals surface area contributed by atoms with Crippen LogP contribution in [-0.4, -0.2) is 23.4 Å². The number of benzene rings is 2. The number of nitrogens with zero attached hydrogens (tertiary/aromatic N) is 1. The lowest BCUT2D eigenvalue weighted by Crippen LogP contribution is -2.21. The molecule has 0 spiro atoms. The number of esters is 1. The van der Waals surface area contributed by atoms with Crippen molar-refractivity contribution in [3.8, 4) is 0 Å². The van der Waals surface area contributed by atoms with Gasteiger partial charge in [-0.3, -0.25) is 14.9 Å². The normalized spacial score (nSPS) is 10.4. The maximum Gasteiger partial charge on any atom is 0.338 e. The molecule has 0 heterocycles. The van der Waals surface area contributed by atoms with Crippen LogP contribution in [0.4, 0.5) is 11.4 Å². The molecule has 0 saturated heterocycles. The molecule has 0 radical (unpaired) electrons. The summed E-state index contributed by atoms with van der Waals surface area (Å²) in [7, 11) is 0. The van der Waals surface area contributed by atoms with Crippen molar-refractivity contribution in [2.75, 3.05) is 11.9 Å². The van der Waals surface area contributed by atoms with Crippen molar-refractivity contribution in [3.05, 3.63) is 69.8 Å². The molecule has 2 aromatic rings. The van der Waals surface area contributed by atoms with Crippen LogP contribution in [0.25, 0.3) is 0 Å². The van der Waals surface area contributed by atoms with Crippen molar-refractivity contribution in [1.82, 2.24) is 0 Å². The maximum atomic E-state index is 12.0. The number of carbonyl (C=O) groups excluding carboxylic acids is 2. The summed E-state index contributed by atoms with van der Waals surface area (Å²) in [5.74, 6) is -0.763. The molecule has 2 rings (SSSR count). The van der Waals surface area contributed by atoms with Gasteiger partial charge in [-0.25, -0.2) is 4.79 Å². The zero-order valence-corrected chi connectivity index (χ0v) is 14.6. The lowest BCUT2D eigenvalue weighted by molar-refractivity contribution is -0.383. The highest BCUT2D eigenvalue weighted by atomic mass is 16.6. The second-order valence-corrected chi connectivity index (χ2v) is 6.19. The zero-order chi connectivity index (χ0) is 19.1. The van der Waals surface area contributed by atoms with E-state index in [9.17, 15) is 19.7 Å². The van der Waals surface area contributed by atoms with Gasteiger partial charge in [-0.1, -0.05) is 38.1 Å². The van der Waals surface area contributed by atoms with Gasteiger partial charge in [0.05, 0.1) is 10.5 Å². The van der Waals surface area contributed by atoms with Crippen LogP contribution in [0.1, 0.15) is 29.8 Å². The van der Waals surface area contributed by atoms with Crippen LogP contribution in [0.3, 0.4) is 0 Å². The smallest absolute Gasteiger partial charge is 0.338 e. The molecule has 0 aliphatic rings. The molecule has 0 saturated carbocycles. The van der Waals surface area contributed by atoms with Crippen molar-refractivity contribution in [3.63, 3.8) is 0 Å². The minimum Gasteiger partial charge on any atom is -0.452 e. The Bertz CT molecular complexity index is 800. The van der Waals surface area contributed by atoms with E-state index in [0.717, 1.165) is 12.0 Å². The molecule has 0 unspecified atom stereocenters. The van der Waals surface area contributed by atoms with Gasteiger partial charge in [-0.15, -0.1) is 0 Å². The molecule has 0 aromatic heterocycles. The number of nitro groups is 1. The van der Waals surface area contributed by atoms with Crippen molar-refractivity contribution in [2.24, 2.45) is 5.92 Å². The lowest BCUT2D eigenvalue weighted by Gasteiger charge is -2.08. The number of para-hydroxylation sites is 2. The van der Waals surface area contributed by atoms with Gasteiger partial charge >= 0.3 is 5.97 Å². The van der Waals surface area contributed by atoms with E-state index in [-0.39, 0.29) is 11.4 Å². The Morgan fingerprint density at radius 2 is 1.77 bits per heavy atom. The number of hydrogen-bond donors (Lipinski definition) is 1. The summed E-state index contributed by atoms with van der Waals surface area (Å²) in [6, 6.07) is 12.8. The number of rotatable bonds is 7. The van der Waals surface area contributed by atoms with Gasteiger partial charge in [-0.2, -0.15) is 0 Å². The van der Waals surface area contributed by atoms with E-state index in [2.05, 4.69) is 19.2 Å². The number of nitro benzene ring substituents is 1. The van der Waals surface area contributed by atoms with Crippen LogP contribution in [0.15, 0.2) is 48.5 Å². The molecule has 7 nitrogen and oxygen atoms in total. The molecule has 1 N–H and O–H groups in total. The fourth-order valence-electron chi connectivity index (χ4n) is 2.39. The van der Waals surface area contributed by atoms with Gasteiger partial charge in [-0.05, 0) is 36.1 Å². The van der Waals surface area contributed by atoms with Crippen LogP contribution in [0.5, 0.6) is 0 Å². The fraction of sp³-hybridized carbons (Fsp3) is 0.263. The van der Waals surface area contributed by atoms with E-state index in [0.29, 0.717) is 11.5 Å². The first-order valence-corrected chi connectivity index (χ1v) is 8.16. The summed E-state index contributed by atoms with van der Waals surface area (Å²) in [5.41, 5.74) is 1.28. The van der Waals surface area contributed by atoms with Gasteiger partial charge < -0.3 is 10.1 Å². The second-order valence-electron chi connectivity index (χ2n) is 6.19. The predicted molar refractivity (Wildman–Crippen MR) is 97.0 cm³/mol. The van der Waals surface area contributed by atoms with Crippen molar-refractivity contribution in [1.29, 1.82) is 0 Å². The van der Waals surface area contributed by atoms with E-state index < -0.39 is 23.4 Å². The number of carbonyl (C=O) groups is 2. The molecule has 0 fully saturated rings. The molecule has 136 valence electrons. The summed E-state index contributed by atoms with van der Waals surface area (Å²) < 4.78 is 4.96. The summed E-state index contributed by atoms with van der Waals surface area (Å²) in [6.45, 7) is 3.69. The predicted octanol–water partition coefficient (Wildman–Crippen LogP) is 3.59. The number of amides is 1. The van der Waals surface area contributed by atoms with E-state index in [4.69, 9.17) is 4.74 Å². The third kappa shape index (κ3) is 5.41. The Hall–Kier alpha value is -3.22. The summed E-state index contributed by atoms with van der Waals surface area (Å²) >= 11 is 0. The molecule has 0 aliphatic heterocycles. The highest BCUT2D eigenvalue weighted by Gasteiger charge is 2.16. The van der Waals surface area contributed by atoms with Gasteiger partial charge in [0.1, 0.15) is 5.69 Å². The Morgan fingerprint density at radius 3 is 2.38 bits per heavy atom. The molecule has 2 aromatic carbocycles. The minimum atomic E-state index is -0.649. The van der Waals surface area contributed by atoms with Crippen molar-refractivity contribution >= 4 is 23.3 Å². The third-order valence-electron chi connectivity index (χ3n) is 3.54. The largest absolute Gasteiger partial charge is 0.452 e. The first-order chi connectivity index (χ1) is 12.4. The first kappa shape index (κ1) is 19.1. The summed E-state index contributed by atoms with van der Waals surface area (Å²) in [4.78, 5) is 34.2. The van der Waals surface area contributed by atoms with E-state index in [1.807, 2.05) is 12.1 Å². The van der Waals surface area contributed by atoms with E-state index >= 15 is 0 Å². The van der Waals surface area contributed by atoms with Gasteiger partial charge in [0, 0.05) is 6.07 Å². The fourth-order valence-corrected chi connectivity index (χ4v) is 2.39. The Morgan fingerprint density at radius 1 is 1.12 bits per heavy atom. The van der Waals surface area contributed by atoms with E-state index in [1.165, 1.54) is 18.2 Å². The van der Waals surface area contributed by atoms with Crippen molar-refractivity contribution < 1.29 is 19.2 Å². The molecule has 0 aliphatic carbocycles. The highest BCUT2D eigenvalue weighted by Crippen LogP contribution is 2.22. The molecule has 0 bridgehead atoms. The summed E-state index contributed by atoms with van der Waals surface area (Å²) in [6.07, 6.45) is 0.910. The van der Waals surface area contributed by atoms with Crippen LogP contribution in [0.2, 0.25) is 0 Å². The maximum absolute atomic E-state index is 12.0. The monoisotopic (exact) mass is 356 g/mol. The topological polar surface area (TPSA) is 98.5 Å². The van der Waals surface area contributed by atoms with Gasteiger partial charge in [0.15, 0.2) is 6.61 Å². The molecular formula is C19H20N2O5. The number of anilines is 1. The van der Waals surface area contributed by atoms with Crippen LogP contribution in [-0.2, 0) is 16.0 Å². The average molecular weight is 356 g/mol. The summed E-state index contributed by atoms with van der Waals surface area (Å²) in [5, 5.41) is 13.3. The van der Waals surface area contributed by atoms with Gasteiger partial charge in [0.25, 0.3) is 11.6 Å². The average Bonchev–Trinajstić information content (AvgIpc) is 2.60. The number of ether oxygens (including phenoxy) is 1. The van der Waals surface area contributed by atoms with Crippen LogP contribution < -0.4 is 5.32 Å². The molecule has 0 atom stereocenters. The second kappa shape index (κ2) is 8.75. The molecule has 26 heavy (non-hydrogen) atoms. The van der Waals surface area contributed by atoms with Crippen molar-refractivity contribution in [2.45, 2.75) is 20.3 Å². The standard InChI is InChI=1S/C19H20N2O5/c1-13(2)11-14-7-9-15(10-8-14)19(23)26-12-18(22)20-16-5-3-4-6-17(16)21(24)25/h3-10,13H,11-12H2,1-2H3,(H,20,22). The first-order valence-electron chi connectivity index (χ1n) is 8.16.